The zero-order chi connectivity index (χ0) is 25.9. The number of aromatic nitrogens is 1. The summed E-state index contributed by atoms with van der Waals surface area (Å²) in [5.41, 5.74) is 1.64. The second kappa shape index (κ2) is 11.2. The Kier molecular flexibility index (Phi) is 8.23. The molecule has 1 atom stereocenters. The molecule has 1 fully saturated rings. The minimum Gasteiger partial charge on any atom is -0.322 e. The summed E-state index contributed by atoms with van der Waals surface area (Å²) >= 11 is 11.9. The molecule has 36 heavy (non-hydrogen) atoms. The fourth-order valence-corrected chi connectivity index (χ4v) is 4.97. The van der Waals surface area contributed by atoms with Gasteiger partial charge in [0, 0.05) is 28.5 Å². The van der Waals surface area contributed by atoms with Crippen molar-refractivity contribution in [3.63, 3.8) is 0 Å². The minimum absolute atomic E-state index is 0.109. The second-order valence-electron chi connectivity index (χ2n) is 9.11. The van der Waals surface area contributed by atoms with E-state index in [0.717, 1.165) is 25.6 Å². The van der Waals surface area contributed by atoms with E-state index in [4.69, 9.17) is 23.2 Å². The molecule has 190 valence electrons. The molecule has 1 saturated heterocycles. The van der Waals surface area contributed by atoms with Crippen molar-refractivity contribution in [2.75, 3.05) is 18.4 Å². The number of halogens is 5. The van der Waals surface area contributed by atoms with E-state index in [-0.39, 0.29) is 22.7 Å². The first-order valence-corrected chi connectivity index (χ1v) is 12.5. The quantitative estimate of drug-likeness (QED) is 0.333. The first-order chi connectivity index (χ1) is 17.1. The molecule has 0 spiro atoms. The van der Waals surface area contributed by atoms with Crippen molar-refractivity contribution < 1.29 is 18.0 Å². The summed E-state index contributed by atoms with van der Waals surface area (Å²) in [4.78, 5) is 19.0. The highest BCUT2D eigenvalue weighted by atomic mass is 35.5. The molecule has 0 saturated carbocycles. The van der Waals surface area contributed by atoms with Crippen LogP contribution in [-0.2, 0) is 12.6 Å². The molecule has 0 aliphatic carbocycles. The smallest absolute Gasteiger partial charge is 0.322 e. The van der Waals surface area contributed by atoms with Crippen LogP contribution in [0.2, 0.25) is 10.2 Å². The number of carbonyl (C=O) groups is 1. The Hall–Kier alpha value is -2.61. The van der Waals surface area contributed by atoms with Crippen LogP contribution in [0.25, 0.3) is 0 Å². The number of nitrogens with one attached hydrogen (secondary N) is 1. The monoisotopic (exact) mass is 535 g/mol. The Morgan fingerprint density at radius 1 is 1.08 bits per heavy atom. The van der Waals surface area contributed by atoms with Gasteiger partial charge in [-0.3, -0.25) is 4.79 Å². The predicted molar refractivity (Wildman–Crippen MR) is 137 cm³/mol. The largest absolute Gasteiger partial charge is 0.416 e. The van der Waals surface area contributed by atoms with Crippen molar-refractivity contribution in [1.29, 1.82) is 0 Å². The highest BCUT2D eigenvalue weighted by Gasteiger charge is 2.33. The lowest BCUT2D eigenvalue weighted by Crippen LogP contribution is -2.40. The van der Waals surface area contributed by atoms with Crippen LogP contribution in [0.1, 0.15) is 52.7 Å². The van der Waals surface area contributed by atoms with Crippen LogP contribution in [-0.4, -0.2) is 34.9 Å². The van der Waals surface area contributed by atoms with E-state index in [1.165, 1.54) is 36.0 Å². The number of nitrogens with zero attached hydrogens (tertiary/aromatic N) is 2. The molecule has 1 aliphatic rings. The van der Waals surface area contributed by atoms with Crippen molar-refractivity contribution >= 4 is 34.8 Å². The Labute approximate surface area is 218 Å². The Morgan fingerprint density at radius 3 is 2.42 bits per heavy atom. The van der Waals surface area contributed by atoms with Crippen LogP contribution in [0.5, 0.6) is 0 Å². The number of benzene rings is 2. The first-order valence-electron chi connectivity index (χ1n) is 11.7. The molecule has 4 nitrogen and oxygen atoms in total. The Morgan fingerprint density at radius 2 is 1.78 bits per heavy atom. The lowest BCUT2D eigenvalue weighted by atomic mass is 9.86. The lowest BCUT2D eigenvalue weighted by molar-refractivity contribution is -0.137. The van der Waals surface area contributed by atoms with E-state index >= 15 is 0 Å². The highest BCUT2D eigenvalue weighted by Crippen LogP contribution is 2.38. The van der Waals surface area contributed by atoms with Gasteiger partial charge in [-0.2, -0.15) is 13.2 Å². The minimum atomic E-state index is -4.47. The molecule has 1 aliphatic heterocycles. The summed E-state index contributed by atoms with van der Waals surface area (Å²) in [6.07, 6.45) is -0.816. The van der Waals surface area contributed by atoms with Crippen LogP contribution in [0.15, 0.2) is 60.8 Å². The number of hydrogen-bond donors (Lipinski definition) is 1. The number of pyridine rings is 1. The molecule has 1 amide bonds. The summed E-state index contributed by atoms with van der Waals surface area (Å²) in [6, 6.07) is 14.5. The molecule has 1 N–H and O–H groups in total. The topological polar surface area (TPSA) is 45.2 Å². The van der Waals surface area contributed by atoms with Crippen LogP contribution >= 0.6 is 23.2 Å². The molecular weight excluding hydrogens is 510 g/mol. The third kappa shape index (κ3) is 6.58. The highest BCUT2D eigenvalue weighted by molar-refractivity contribution is 6.30. The number of likely N-dealkylation sites (tertiary alicyclic amines) is 1. The van der Waals surface area contributed by atoms with Crippen molar-refractivity contribution in [3.05, 3.63) is 93.2 Å². The maximum absolute atomic E-state index is 13.5. The number of alkyl halides is 3. The van der Waals surface area contributed by atoms with Crippen molar-refractivity contribution in [2.45, 2.75) is 44.3 Å². The molecule has 1 unspecified atom stereocenters. The fraction of sp³-hybridized carbons (Fsp3) is 0.333. The van der Waals surface area contributed by atoms with Crippen molar-refractivity contribution in [3.8, 4) is 0 Å². The summed E-state index contributed by atoms with van der Waals surface area (Å²) in [5, 5.41) is 3.64. The van der Waals surface area contributed by atoms with Crippen molar-refractivity contribution in [1.82, 2.24) is 9.88 Å². The molecule has 0 bridgehead atoms. The van der Waals surface area contributed by atoms with E-state index in [9.17, 15) is 18.0 Å². The number of rotatable bonds is 6. The van der Waals surface area contributed by atoms with Gasteiger partial charge in [0.15, 0.2) is 0 Å². The summed E-state index contributed by atoms with van der Waals surface area (Å²) in [5.74, 6) is -0.558. The lowest BCUT2D eigenvalue weighted by Gasteiger charge is -2.37. The molecule has 1 aromatic heterocycles. The third-order valence-corrected chi connectivity index (χ3v) is 7.11. The molecule has 2 heterocycles. The average Bonchev–Trinajstić information content (AvgIpc) is 2.85. The standard InChI is InChI=1S/C27H26Cl2F3N3O/c1-17(14-18-2-5-22(28)6-3-18)35-12-9-19(10-13-35)23-16-21(27(30,31)32)4-7-24(23)34-26(36)20-8-11-33-25(29)15-20/h2-8,11,15-17,19H,9-10,12-14H2,1H3,(H,34,36). The number of piperidine rings is 1. The zero-order valence-corrected chi connectivity index (χ0v) is 21.2. The number of hydrogen-bond acceptors (Lipinski definition) is 3. The Bertz CT molecular complexity index is 1210. The third-order valence-electron chi connectivity index (χ3n) is 6.65. The molecule has 9 heteroatoms. The maximum Gasteiger partial charge on any atom is 0.416 e. The van der Waals surface area contributed by atoms with Crippen LogP contribution < -0.4 is 5.32 Å². The van der Waals surface area contributed by atoms with Gasteiger partial charge in [0.1, 0.15) is 5.15 Å². The average molecular weight is 536 g/mol. The van der Waals surface area contributed by atoms with Crippen LogP contribution in [0.4, 0.5) is 18.9 Å². The van der Waals surface area contributed by atoms with Gasteiger partial charge < -0.3 is 10.2 Å². The normalized spacial score (nSPS) is 16.1. The SMILES string of the molecule is CC(Cc1ccc(Cl)cc1)N1CCC(c2cc(C(F)(F)F)ccc2NC(=O)c2ccnc(Cl)c2)CC1. The van der Waals surface area contributed by atoms with Crippen LogP contribution in [0, 0.1) is 0 Å². The van der Waals surface area contributed by atoms with E-state index < -0.39 is 17.6 Å². The van der Waals surface area contributed by atoms with Gasteiger partial charge in [-0.1, -0.05) is 35.3 Å². The van der Waals surface area contributed by atoms with Gasteiger partial charge in [-0.25, -0.2) is 4.98 Å². The molecular formula is C27H26Cl2F3N3O. The van der Waals surface area contributed by atoms with E-state index in [2.05, 4.69) is 22.1 Å². The van der Waals surface area contributed by atoms with Gasteiger partial charge >= 0.3 is 6.18 Å². The first kappa shape index (κ1) is 26.5. The van der Waals surface area contributed by atoms with Gasteiger partial charge in [0.2, 0.25) is 0 Å². The van der Waals surface area contributed by atoms with Crippen LogP contribution in [0.3, 0.4) is 0 Å². The maximum atomic E-state index is 13.5. The predicted octanol–water partition coefficient (Wildman–Crippen LogP) is 7.47. The molecule has 0 radical (unpaired) electrons. The number of amides is 1. The van der Waals surface area contributed by atoms with Gasteiger partial charge in [-0.15, -0.1) is 0 Å². The molecule has 4 rings (SSSR count). The summed E-state index contributed by atoms with van der Waals surface area (Å²) < 4.78 is 40.5. The van der Waals surface area contributed by atoms with Gasteiger partial charge in [-0.05, 0) is 98.8 Å². The Balaban J connectivity index is 1.49. The van der Waals surface area contributed by atoms with Crippen molar-refractivity contribution in [2.24, 2.45) is 0 Å². The van der Waals surface area contributed by atoms with Gasteiger partial charge in [0.25, 0.3) is 5.91 Å². The van der Waals surface area contributed by atoms with E-state index in [1.807, 2.05) is 24.3 Å². The molecule has 3 aromatic rings. The zero-order valence-electron chi connectivity index (χ0n) is 19.7. The van der Waals surface area contributed by atoms with E-state index in [0.29, 0.717) is 29.1 Å². The second-order valence-corrected chi connectivity index (χ2v) is 9.93. The molecule has 2 aromatic carbocycles. The summed E-state index contributed by atoms with van der Waals surface area (Å²) in [7, 11) is 0. The number of carbonyl (C=O) groups excluding carboxylic acids is 1. The fourth-order valence-electron chi connectivity index (χ4n) is 4.67. The van der Waals surface area contributed by atoms with E-state index in [1.54, 1.807) is 0 Å². The summed E-state index contributed by atoms with van der Waals surface area (Å²) in [6.45, 7) is 3.66. The van der Waals surface area contributed by atoms with Gasteiger partial charge in [0.05, 0.1) is 5.56 Å². The number of anilines is 1.